The third-order valence-electron chi connectivity index (χ3n) is 5.66. The van der Waals surface area contributed by atoms with Gasteiger partial charge in [0.1, 0.15) is 10.5 Å². The summed E-state index contributed by atoms with van der Waals surface area (Å²) in [7, 11) is 0. The normalized spacial score (nSPS) is 11.5. The van der Waals surface area contributed by atoms with E-state index in [9.17, 15) is 14.0 Å². The smallest absolute Gasteiger partial charge is 0.287 e. The van der Waals surface area contributed by atoms with Gasteiger partial charge in [-0.25, -0.2) is 13.8 Å². The van der Waals surface area contributed by atoms with Crippen LogP contribution >= 0.6 is 11.3 Å². The number of benzene rings is 3. The number of aryl methyl sites for hydroxylation is 2. The summed E-state index contributed by atoms with van der Waals surface area (Å²) in [6.07, 6.45) is 0. The topological polar surface area (TPSA) is 44.0 Å². The zero-order valence-corrected chi connectivity index (χ0v) is 17.9. The molecule has 4 nitrogen and oxygen atoms in total. The van der Waals surface area contributed by atoms with Gasteiger partial charge in [0.15, 0.2) is 0 Å². The van der Waals surface area contributed by atoms with Crippen LogP contribution in [-0.4, -0.2) is 9.13 Å². The maximum atomic E-state index is 13.7. The van der Waals surface area contributed by atoms with Crippen molar-refractivity contribution in [2.24, 2.45) is 0 Å². The standard InChI is InChI=1S/C25H19FN2O2S/c1-15-7-12-19(13-16(15)2)28-24(29)23-22(20-5-3-4-6-21(20)31-23)27(25(28)30)14-17-8-10-18(26)11-9-17/h3-13H,14H2,1-2H3. The Labute approximate surface area is 181 Å². The summed E-state index contributed by atoms with van der Waals surface area (Å²) in [6, 6.07) is 19.3. The van der Waals surface area contributed by atoms with Crippen LogP contribution in [0.4, 0.5) is 4.39 Å². The highest BCUT2D eigenvalue weighted by atomic mass is 32.1. The first-order chi connectivity index (χ1) is 14.9. The van der Waals surface area contributed by atoms with Gasteiger partial charge in [-0.05, 0) is 60.9 Å². The van der Waals surface area contributed by atoms with Gasteiger partial charge in [0.05, 0.1) is 17.7 Å². The van der Waals surface area contributed by atoms with E-state index in [-0.39, 0.29) is 17.9 Å². The summed E-state index contributed by atoms with van der Waals surface area (Å²) < 4.78 is 17.8. The third kappa shape index (κ3) is 3.20. The summed E-state index contributed by atoms with van der Waals surface area (Å²) in [5.74, 6) is -0.331. The van der Waals surface area contributed by atoms with Crippen molar-refractivity contribution in [2.75, 3.05) is 0 Å². The van der Waals surface area contributed by atoms with Crippen molar-refractivity contribution in [3.05, 3.63) is 110 Å². The molecule has 2 heterocycles. The van der Waals surface area contributed by atoms with Crippen molar-refractivity contribution in [1.82, 2.24) is 9.13 Å². The van der Waals surface area contributed by atoms with Crippen LogP contribution < -0.4 is 11.2 Å². The number of hydrogen-bond donors (Lipinski definition) is 0. The molecule has 0 saturated carbocycles. The van der Waals surface area contributed by atoms with Crippen LogP contribution in [0.25, 0.3) is 26.0 Å². The average Bonchev–Trinajstić information content (AvgIpc) is 3.15. The van der Waals surface area contributed by atoms with Crippen LogP contribution in [0.15, 0.2) is 76.3 Å². The van der Waals surface area contributed by atoms with E-state index in [0.29, 0.717) is 15.9 Å². The van der Waals surface area contributed by atoms with Crippen molar-refractivity contribution in [1.29, 1.82) is 0 Å². The molecular weight excluding hydrogens is 411 g/mol. The lowest BCUT2D eigenvalue weighted by molar-refractivity contribution is 0.626. The Morgan fingerprint density at radius 3 is 2.39 bits per heavy atom. The van der Waals surface area contributed by atoms with E-state index in [1.165, 1.54) is 28.0 Å². The number of fused-ring (bicyclic) bond motifs is 3. The molecule has 3 aromatic carbocycles. The lowest BCUT2D eigenvalue weighted by Gasteiger charge is -2.14. The second-order valence-electron chi connectivity index (χ2n) is 7.68. The molecule has 154 valence electrons. The van der Waals surface area contributed by atoms with E-state index in [1.54, 1.807) is 22.8 Å². The predicted octanol–water partition coefficient (Wildman–Crippen LogP) is 5.17. The number of halogens is 1. The van der Waals surface area contributed by atoms with E-state index in [2.05, 4.69) is 0 Å². The molecule has 5 rings (SSSR count). The molecule has 0 aliphatic carbocycles. The van der Waals surface area contributed by atoms with Gasteiger partial charge in [-0.3, -0.25) is 9.36 Å². The van der Waals surface area contributed by atoms with Crippen molar-refractivity contribution in [3.8, 4) is 5.69 Å². The van der Waals surface area contributed by atoms with Gasteiger partial charge in [0, 0.05) is 10.1 Å². The molecule has 0 amide bonds. The minimum absolute atomic E-state index is 0.238. The van der Waals surface area contributed by atoms with Gasteiger partial charge in [0.2, 0.25) is 0 Å². The van der Waals surface area contributed by atoms with Crippen LogP contribution in [0.2, 0.25) is 0 Å². The highest BCUT2D eigenvalue weighted by Crippen LogP contribution is 2.31. The van der Waals surface area contributed by atoms with Crippen molar-refractivity contribution in [2.45, 2.75) is 20.4 Å². The highest BCUT2D eigenvalue weighted by Gasteiger charge is 2.19. The molecular formula is C25H19FN2O2S. The molecule has 0 aliphatic rings. The van der Waals surface area contributed by atoms with E-state index >= 15 is 0 Å². The minimum atomic E-state index is -0.409. The van der Waals surface area contributed by atoms with Gasteiger partial charge < -0.3 is 0 Å². The Hall–Kier alpha value is -3.51. The van der Waals surface area contributed by atoms with Crippen LogP contribution in [0.3, 0.4) is 0 Å². The van der Waals surface area contributed by atoms with Crippen molar-refractivity contribution >= 4 is 31.6 Å². The zero-order chi connectivity index (χ0) is 21.7. The SMILES string of the molecule is Cc1ccc(-n2c(=O)c3sc4ccccc4c3n(Cc3ccc(F)cc3)c2=O)cc1C. The van der Waals surface area contributed by atoms with E-state index < -0.39 is 5.69 Å². The minimum Gasteiger partial charge on any atom is -0.287 e. The molecule has 2 aromatic heterocycles. The molecule has 0 bridgehead atoms. The molecule has 0 atom stereocenters. The fraction of sp³-hybridized carbons (Fsp3) is 0.120. The summed E-state index contributed by atoms with van der Waals surface area (Å²) in [5.41, 5.74) is 3.32. The van der Waals surface area contributed by atoms with Gasteiger partial charge in [-0.15, -0.1) is 11.3 Å². The zero-order valence-electron chi connectivity index (χ0n) is 17.1. The second kappa shape index (κ2) is 7.32. The quantitative estimate of drug-likeness (QED) is 0.396. The predicted molar refractivity (Wildman–Crippen MR) is 124 cm³/mol. The number of aromatic nitrogens is 2. The van der Waals surface area contributed by atoms with E-state index in [0.717, 1.165) is 26.8 Å². The first-order valence-electron chi connectivity index (χ1n) is 9.93. The summed E-state index contributed by atoms with van der Waals surface area (Å²) in [4.78, 5) is 27.1. The molecule has 0 aliphatic heterocycles. The first-order valence-corrected chi connectivity index (χ1v) is 10.7. The number of nitrogens with zero attached hydrogens (tertiary/aromatic N) is 2. The molecule has 31 heavy (non-hydrogen) atoms. The Morgan fingerprint density at radius 1 is 0.903 bits per heavy atom. The Morgan fingerprint density at radius 2 is 1.65 bits per heavy atom. The van der Waals surface area contributed by atoms with E-state index in [1.807, 2.05) is 50.2 Å². The Bertz CT molecular complexity index is 1580. The summed E-state index contributed by atoms with van der Waals surface area (Å²) in [6.45, 7) is 4.18. The Kier molecular flexibility index (Phi) is 4.59. The van der Waals surface area contributed by atoms with Gasteiger partial charge in [-0.2, -0.15) is 0 Å². The van der Waals surface area contributed by atoms with Gasteiger partial charge in [0.25, 0.3) is 5.56 Å². The van der Waals surface area contributed by atoms with Crippen molar-refractivity contribution in [3.63, 3.8) is 0 Å². The van der Waals surface area contributed by atoms with Gasteiger partial charge >= 0.3 is 5.69 Å². The first kappa shape index (κ1) is 19.5. The molecule has 5 aromatic rings. The van der Waals surface area contributed by atoms with E-state index in [4.69, 9.17) is 0 Å². The molecule has 0 N–H and O–H groups in total. The Balaban J connectivity index is 1.88. The van der Waals surface area contributed by atoms with Crippen LogP contribution in [0.5, 0.6) is 0 Å². The number of hydrogen-bond acceptors (Lipinski definition) is 3. The highest BCUT2D eigenvalue weighted by molar-refractivity contribution is 7.25. The van der Waals surface area contributed by atoms with Crippen molar-refractivity contribution < 1.29 is 4.39 Å². The molecule has 6 heteroatoms. The fourth-order valence-electron chi connectivity index (χ4n) is 3.86. The number of thiophene rings is 1. The van der Waals surface area contributed by atoms with Crippen LogP contribution in [-0.2, 0) is 6.54 Å². The maximum absolute atomic E-state index is 13.7. The monoisotopic (exact) mass is 430 g/mol. The van der Waals surface area contributed by atoms with Crippen LogP contribution in [0, 0.1) is 19.7 Å². The molecule has 0 fully saturated rings. The summed E-state index contributed by atoms with van der Waals surface area (Å²) >= 11 is 1.39. The average molecular weight is 431 g/mol. The fourth-order valence-corrected chi connectivity index (χ4v) is 5.00. The molecule has 0 spiro atoms. The lowest BCUT2D eigenvalue weighted by atomic mass is 10.1. The molecule has 0 radical (unpaired) electrons. The molecule has 0 unspecified atom stereocenters. The summed E-state index contributed by atoms with van der Waals surface area (Å²) in [5, 5.41) is 0.867. The lowest BCUT2D eigenvalue weighted by Crippen LogP contribution is -2.38. The largest absolute Gasteiger partial charge is 0.336 e. The number of rotatable bonds is 3. The molecule has 0 saturated heterocycles. The van der Waals surface area contributed by atoms with Gasteiger partial charge in [-0.1, -0.05) is 36.4 Å². The second-order valence-corrected chi connectivity index (χ2v) is 8.73. The third-order valence-corrected chi connectivity index (χ3v) is 6.81. The van der Waals surface area contributed by atoms with Crippen LogP contribution in [0.1, 0.15) is 16.7 Å². The maximum Gasteiger partial charge on any atom is 0.336 e.